The molecule has 3 heterocycles. The average molecular weight is 421 g/mol. The van der Waals surface area contributed by atoms with E-state index in [0.29, 0.717) is 23.8 Å². The van der Waals surface area contributed by atoms with Gasteiger partial charge < -0.3 is 5.32 Å². The lowest BCUT2D eigenvalue weighted by atomic mass is 10.0. The molecule has 0 aliphatic heterocycles. The van der Waals surface area contributed by atoms with E-state index in [4.69, 9.17) is 9.97 Å². The molecule has 2 aromatic carbocycles. The molecule has 6 heteroatoms. The summed E-state index contributed by atoms with van der Waals surface area (Å²) in [4.78, 5) is 18.3. The maximum atomic E-state index is 14.4. The number of hydrogen-bond donors (Lipinski definition) is 1. The van der Waals surface area contributed by atoms with E-state index in [2.05, 4.69) is 15.3 Å². The van der Waals surface area contributed by atoms with Crippen LogP contribution in [0.3, 0.4) is 0 Å². The first-order valence-corrected chi connectivity index (χ1v) is 10.3. The second-order valence-electron chi connectivity index (χ2n) is 7.47. The molecule has 0 atom stereocenters. The van der Waals surface area contributed by atoms with E-state index in [1.807, 2.05) is 61.5 Å². The Hall–Kier alpha value is -4.19. The third-order valence-corrected chi connectivity index (χ3v) is 5.18. The molecule has 0 radical (unpaired) electrons. The first-order chi connectivity index (χ1) is 15.7. The molecule has 0 saturated heterocycles. The number of nitrogens with one attached hydrogen (secondary N) is 1. The van der Waals surface area contributed by atoms with Crippen molar-refractivity contribution in [1.29, 1.82) is 0 Å². The van der Waals surface area contributed by atoms with Crippen molar-refractivity contribution in [3.05, 3.63) is 102 Å². The van der Waals surface area contributed by atoms with Crippen molar-refractivity contribution in [1.82, 2.24) is 19.9 Å². The van der Waals surface area contributed by atoms with Gasteiger partial charge in [0.25, 0.3) is 0 Å². The Morgan fingerprint density at radius 1 is 0.844 bits per heavy atom. The molecule has 32 heavy (non-hydrogen) atoms. The minimum Gasteiger partial charge on any atom is -0.364 e. The van der Waals surface area contributed by atoms with Gasteiger partial charge in [-0.2, -0.15) is 0 Å². The highest BCUT2D eigenvalue weighted by Crippen LogP contribution is 2.30. The standard InChI is InChI=1S/C26H20FN5/c1-17-6-4-8-20(30-17)16-29-26-22-14-18(21-9-2-3-10-23(21)27)11-12-24(22)31-25(32-26)19-7-5-13-28-15-19/h2-15H,16H2,1H3,(H,29,31,32). The summed E-state index contributed by atoms with van der Waals surface area (Å²) in [6.07, 6.45) is 3.45. The van der Waals surface area contributed by atoms with Crippen LogP contribution in [0.1, 0.15) is 11.4 Å². The molecule has 0 aliphatic rings. The van der Waals surface area contributed by atoms with Crippen LogP contribution in [0.5, 0.6) is 0 Å². The normalized spacial score (nSPS) is 10.9. The lowest BCUT2D eigenvalue weighted by Gasteiger charge is -2.13. The van der Waals surface area contributed by atoms with Crippen molar-refractivity contribution in [3.8, 4) is 22.5 Å². The number of anilines is 1. The Kier molecular flexibility index (Phi) is 5.25. The molecule has 0 spiro atoms. The van der Waals surface area contributed by atoms with Gasteiger partial charge in [-0.25, -0.2) is 14.4 Å². The number of pyridine rings is 2. The first-order valence-electron chi connectivity index (χ1n) is 10.3. The van der Waals surface area contributed by atoms with E-state index in [1.165, 1.54) is 6.07 Å². The lowest BCUT2D eigenvalue weighted by Crippen LogP contribution is -2.06. The molecule has 0 saturated carbocycles. The van der Waals surface area contributed by atoms with Crippen LogP contribution in [-0.2, 0) is 6.54 Å². The summed E-state index contributed by atoms with van der Waals surface area (Å²) in [5.41, 5.74) is 4.75. The van der Waals surface area contributed by atoms with Gasteiger partial charge in [-0.1, -0.05) is 30.3 Å². The quantitative estimate of drug-likeness (QED) is 0.388. The van der Waals surface area contributed by atoms with Crippen LogP contribution >= 0.6 is 0 Å². The molecule has 156 valence electrons. The van der Waals surface area contributed by atoms with E-state index in [1.54, 1.807) is 24.5 Å². The summed E-state index contributed by atoms with van der Waals surface area (Å²) < 4.78 is 14.4. The van der Waals surface area contributed by atoms with Gasteiger partial charge in [0, 0.05) is 34.6 Å². The second-order valence-corrected chi connectivity index (χ2v) is 7.47. The average Bonchev–Trinajstić information content (AvgIpc) is 2.83. The Morgan fingerprint density at radius 3 is 2.56 bits per heavy atom. The van der Waals surface area contributed by atoms with E-state index in [0.717, 1.165) is 33.4 Å². The fourth-order valence-corrected chi connectivity index (χ4v) is 3.62. The van der Waals surface area contributed by atoms with E-state index in [9.17, 15) is 4.39 Å². The maximum absolute atomic E-state index is 14.4. The zero-order chi connectivity index (χ0) is 21.9. The van der Waals surface area contributed by atoms with Gasteiger partial charge in [-0.3, -0.25) is 9.97 Å². The lowest BCUT2D eigenvalue weighted by molar-refractivity contribution is 0.631. The van der Waals surface area contributed by atoms with Crippen LogP contribution in [0, 0.1) is 12.7 Å². The van der Waals surface area contributed by atoms with Crippen molar-refractivity contribution in [3.63, 3.8) is 0 Å². The van der Waals surface area contributed by atoms with Gasteiger partial charge in [0.2, 0.25) is 0 Å². The molecular formula is C26H20FN5. The summed E-state index contributed by atoms with van der Waals surface area (Å²) in [7, 11) is 0. The molecule has 5 aromatic rings. The van der Waals surface area contributed by atoms with Crippen LogP contribution < -0.4 is 5.32 Å². The zero-order valence-electron chi connectivity index (χ0n) is 17.5. The summed E-state index contributed by atoms with van der Waals surface area (Å²) in [6, 6.07) is 22.1. The molecule has 5 nitrogen and oxygen atoms in total. The fraction of sp³-hybridized carbons (Fsp3) is 0.0769. The number of halogens is 1. The number of benzene rings is 2. The zero-order valence-corrected chi connectivity index (χ0v) is 17.5. The van der Waals surface area contributed by atoms with Crippen molar-refractivity contribution < 1.29 is 4.39 Å². The number of aromatic nitrogens is 4. The first kappa shape index (κ1) is 19.8. The molecular weight excluding hydrogens is 401 g/mol. The van der Waals surface area contributed by atoms with Crippen LogP contribution in [0.15, 0.2) is 85.2 Å². The van der Waals surface area contributed by atoms with Crippen LogP contribution in [0.4, 0.5) is 10.2 Å². The SMILES string of the molecule is Cc1cccc(CNc2nc(-c3cccnc3)nc3ccc(-c4ccccc4F)cc23)n1. The largest absolute Gasteiger partial charge is 0.364 e. The predicted octanol–water partition coefficient (Wildman–Crippen LogP) is 5.81. The molecule has 0 fully saturated rings. The van der Waals surface area contributed by atoms with Gasteiger partial charge in [0.15, 0.2) is 5.82 Å². The smallest absolute Gasteiger partial charge is 0.163 e. The number of fused-ring (bicyclic) bond motifs is 1. The Morgan fingerprint density at radius 2 is 1.75 bits per heavy atom. The number of aryl methyl sites for hydroxylation is 1. The Bertz CT molecular complexity index is 1400. The highest BCUT2D eigenvalue weighted by Gasteiger charge is 2.13. The topological polar surface area (TPSA) is 63.6 Å². The van der Waals surface area contributed by atoms with Crippen molar-refractivity contribution in [2.24, 2.45) is 0 Å². The van der Waals surface area contributed by atoms with Crippen molar-refractivity contribution >= 4 is 16.7 Å². The van der Waals surface area contributed by atoms with E-state index < -0.39 is 0 Å². The van der Waals surface area contributed by atoms with Crippen LogP contribution in [0.25, 0.3) is 33.4 Å². The van der Waals surface area contributed by atoms with Crippen LogP contribution in [-0.4, -0.2) is 19.9 Å². The minimum absolute atomic E-state index is 0.266. The minimum atomic E-state index is -0.266. The number of nitrogens with zero attached hydrogens (tertiary/aromatic N) is 4. The predicted molar refractivity (Wildman–Crippen MR) is 124 cm³/mol. The third kappa shape index (κ3) is 4.03. The number of rotatable bonds is 5. The van der Waals surface area contributed by atoms with Crippen molar-refractivity contribution in [2.75, 3.05) is 5.32 Å². The second kappa shape index (κ2) is 8.51. The molecule has 0 amide bonds. The van der Waals surface area contributed by atoms with Crippen LogP contribution in [0.2, 0.25) is 0 Å². The van der Waals surface area contributed by atoms with Gasteiger partial charge in [-0.05, 0) is 55.0 Å². The third-order valence-electron chi connectivity index (χ3n) is 5.18. The van der Waals surface area contributed by atoms with Gasteiger partial charge in [0.05, 0.1) is 17.8 Å². The summed E-state index contributed by atoms with van der Waals surface area (Å²) in [5.74, 6) is 0.970. The summed E-state index contributed by atoms with van der Waals surface area (Å²) in [6.45, 7) is 2.47. The maximum Gasteiger partial charge on any atom is 0.163 e. The molecule has 1 N–H and O–H groups in total. The monoisotopic (exact) mass is 421 g/mol. The molecule has 0 aliphatic carbocycles. The molecule has 5 rings (SSSR count). The van der Waals surface area contributed by atoms with Gasteiger partial charge >= 0.3 is 0 Å². The Balaban J connectivity index is 1.62. The van der Waals surface area contributed by atoms with Gasteiger partial charge in [-0.15, -0.1) is 0 Å². The Labute approximate surface area is 185 Å². The summed E-state index contributed by atoms with van der Waals surface area (Å²) in [5, 5.41) is 4.22. The molecule has 0 bridgehead atoms. The fourth-order valence-electron chi connectivity index (χ4n) is 3.62. The molecule has 0 unspecified atom stereocenters. The summed E-state index contributed by atoms with van der Waals surface area (Å²) >= 11 is 0. The number of hydrogen-bond acceptors (Lipinski definition) is 5. The van der Waals surface area contributed by atoms with Gasteiger partial charge in [0.1, 0.15) is 11.6 Å². The molecule has 3 aromatic heterocycles. The highest BCUT2D eigenvalue weighted by molar-refractivity contribution is 5.94. The van der Waals surface area contributed by atoms with E-state index in [-0.39, 0.29) is 5.82 Å². The van der Waals surface area contributed by atoms with Crippen molar-refractivity contribution in [2.45, 2.75) is 13.5 Å². The highest BCUT2D eigenvalue weighted by atomic mass is 19.1. The van der Waals surface area contributed by atoms with E-state index >= 15 is 0 Å².